The van der Waals surface area contributed by atoms with Crippen molar-refractivity contribution < 1.29 is 10.0 Å². The highest BCUT2D eigenvalue weighted by Crippen LogP contribution is 2.02. The van der Waals surface area contributed by atoms with Crippen LogP contribution in [0.3, 0.4) is 0 Å². The van der Waals surface area contributed by atoms with E-state index in [1.54, 1.807) is 0 Å². The molecule has 0 saturated heterocycles. The summed E-state index contributed by atoms with van der Waals surface area (Å²) in [5.41, 5.74) is 6.39. The molecule has 1 aromatic carbocycles. The molecule has 18 heavy (non-hydrogen) atoms. The molecule has 0 aliphatic carbocycles. The average Bonchev–Trinajstić information content (AvgIpc) is 2.38. The molecule has 1 unspecified atom stereocenters. The quantitative estimate of drug-likeness (QED) is 0.307. The molecule has 0 fully saturated rings. The molecule has 0 aliphatic heterocycles. The second-order valence-electron chi connectivity index (χ2n) is 4.13. The summed E-state index contributed by atoms with van der Waals surface area (Å²) >= 11 is 0. The molecule has 1 rings (SSSR count). The Kier molecular flexibility index (Phi) is 5.70. The van der Waals surface area contributed by atoms with E-state index in [2.05, 4.69) is 10.5 Å². The van der Waals surface area contributed by atoms with E-state index >= 15 is 0 Å². The van der Waals surface area contributed by atoms with Gasteiger partial charge in [0.05, 0.1) is 6.42 Å². The van der Waals surface area contributed by atoms with Crippen molar-refractivity contribution >= 4 is 11.7 Å². The van der Waals surface area contributed by atoms with Crippen molar-refractivity contribution in [1.82, 2.24) is 5.32 Å². The monoisotopic (exact) mass is 249 g/mol. The summed E-state index contributed by atoms with van der Waals surface area (Å²) in [6.45, 7) is 1.94. The van der Waals surface area contributed by atoms with E-state index in [0.717, 1.165) is 12.0 Å². The maximum absolute atomic E-state index is 11.8. The van der Waals surface area contributed by atoms with Gasteiger partial charge in [0.2, 0.25) is 5.91 Å². The SMILES string of the molecule is CCC(CC(N)=NO)NC(=O)Cc1ccccc1. The summed E-state index contributed by atoms with van der Waals surface area (Å²) in [6.07, 6.45) is 1.43. The minimum absolute atomic E-state index is 0.0567. The number of carbonyl (C=O) groups is 1. The van der Waals surface area contributed by atoms with Gasteiger partial charge in [-0.1, -0.05) is 42.4 Å². The number of amidine groups is 1. The summed E-state index contributed by atoms with van der Waals surface area (Å²) < 4.78 is 0. The molecule has 0 aliphatic rings. The number of amides is 1. The topological polar surface area (TPSA) is 87.7 Å². The number of nitrogens with two attached hydrogens (primary N) is 1. The number of benzene rings is 1. The Morgan fingerprint density at radius 3 is 2.67 bits per heavy atom. The van der Waals surface area contributed by atoms with Crippen molar-refractivity contribution in [1.29, 1.82) is 0 Å². The van der Waals surface area contributed by atoms with Gasteiger partial charge in [0.25, 0.3) is 0 Å². The Labute approximate surface area is 107 Å². The first-order valence-electron chi connectivity index (χ1n) is 5.95. The van der Waals surface area contributed by atoms with Gasteiger partial charge in [0.1, 0.15) is 5.84 Å². The van der Waals surface area contributed by atoms with E-state index in [1.807, 2.05) is 37.3 Å². The molecule has 0 aromatic heterocycles. The number of nitrogens with zero attached hydrogens (tertiary/aromatic N) is 1. The first-order valence-corrected chi connectivity index (χ1v) is 5.95. The summed E-state index contributed by atoms with van der Waals surface area (Å²) in [5, 5.41) is 14.3. The number of hydrogen-bond acceptors (Lipinski definition) is 3. The van der Waals surface area contributed by atoms with Crippen LogP contribution in [0, 0.1) is 0 Å². The molecule has 1 aromatic rings. The fraction of sp³-hybridized carbons (Fsp3) is 0.385. The maximum Gasteiger partial charge on any atom is 0.224 e. The molecule has 0 spiro atoms. The zero-order valence-corrected chi connectivity index (χ0v) is 10.5. The highest BCUT2D eigenvalue weighted by Gasteiger charge is 2.12. The van der Waals surface area contributed by atoms with Crippen molar-refractivity contribution in [2.75, 3.05) is 0 Å². The molecule has 98 valence electrons. The molecular weight excluding hydrogens is 230 g/mol. The molecule has 0 heterocycles. The fourth-order valence-corrected chi connectivity index (χ4v) is 1.65. The van der Waals surface area contributed by atoms with E-state index in [4.69, 9.17) is 10.9 Å². The Bertz CT molecular complexity index is 404. The minimum Gasteiger partial charge on any atom is -0.409 e. The zero-order valence-electron chi connectivity index (χ0n) is 10.5. The van der Waals surface area contributed by atoms with E-state index in [-0.39, 0.29) is 17.8 Å². The van der Waals surface area contributed by atoms with Crippen LogP contribution in [-0.4, -0.2) is 23.0 Å². The maximum atomic E-state index is 11.8. The van der Waals surface area contributed by atoms with Gasteiger partial charge >= 0.3 is 0 Å². The lowest BCUT2D eigenvalue weighted by atomic mass is 10.1. The van der Waals surface area contributed by atoms with Crippen LogP contribution in [0.4, 0.5) is 0 Å². The lowest BCUT2D eigenvalue weighted by Crippen LogP contribution is -2.38. The highest BCUT2D eigenvalue weighted by molar-refractivity contribution is 5.82. The third kappa shape index (κ3) is 4.86. The molecule has 0 radical (unpaired) electrons. The van der Waals surface area contributed by atoms with Crippen LogP contribution in [0.15, 0.2) is 35.5 Å². The van der Waals surface area contributed by atoms with E-state index in [1.165, 1.54) is 0 Å². The second kappa shape index (κ2) is 7.32. The van der Waals surface area contributed by atoms with Gasteiger partial charge in [-0.05, 0) is 12.0 Å². The Balaban J connectivity index is 2.47. The first kappa shape index (κ1) is 14.0. The molecule has 0 saturated carbocycles. The third-order valence-electron chi connectivity index (χ3n) is 2.65. The van der Waals surface area contributed by atoms with Crippen LogP contribution in [0.1, 0.15) is 25.3 Å². The van der Waals surface area contributed by atoms with Gasteiger partial charge in [-0.3, -0.25) is 4.79 Å². The van der Waals surface area contributed by atoms with Gasteiger partial charge in [-0.15, -0.1) is 0 Å². The smallest absolute Gasteiger partial charge is 0.224 e. The second-order valence-corrected chi connectivity index (χ2v) is 4.13. The molecule has 4 N–H and O–H groups in total. The van der Waals surface area contributed by atoms with Crippen LogP contribution in [0.5, 0.6) is 0 Å². The summed E-state index contributed by atoms with van der Waals surface area (Å²) in [5.74, 6) is 0.0700. The number of hydrogen-bond donors (Lipinski definition) is 3. The minimum atomic E-state index is -0.0999. The van der Waals surface area contributed by atoms with Crippen LogP contribution in [0.2, 0.25) is 0 Å². The Morgan fingerprint density at radius 2 is 2.11 bits per heavy atom. The molecular formula is C13H19N3O2. The first-order chi connectivity index (χ1) is 8.65. The van der Waals surface area contributed by atoms with Gasteiger partial charge < -0.3 is 16.3 Å². The molecule has 1 amide bonds. The number of nitrogens with one attached hydrogen (secondary N) is 1. The van der Waals surface area contributed by atoms with Crippen molar-refractivity contribution in [2.45, 2.75) is 32.2 Å². The largest absolute Gasteiger partial charge is 0.409 e. The molecule has 5 nitrogen and oxygen atoms in total. The van der Waals surface area contributed by atoms with Crippen molar-refractivity contribution in [3.05, 3.63) is 35.9 Å². The van der Waals surface area contributed by atoms with Gasteiger partial charge in [-0.2, -0.15) is 0 Å². The van der Waals surface area contributed by atoms with Crippen molar-refractivity contribution in [3.8, 4) is 0 Å². The van der Waals surface area contributed by atoms with Crippen molar-refractivity contribution in [3.63, 3.8) is 0 Å². The Hall–Kier alpha value is -2.04. The zero-order chi connectivity index (χ0) is 13.4. The average molecular weight is 249 g/mol. The standard InChI is InChI=1S/C13H19N3O2/c1-2-11(9-12(14)16-18)15-13(17)8-10-6-4-3-5-7-10/h3-7,11,18H,2,8-9H2,1H3,(H2,14,16)(H,15,17). The van der Waals surface area contributed by atoms with Crippen LogP contribution < -0.4 is 11.1 Å². The highest BCUT2D eigenvalue weighted by atomic mass is 16.4. The number of rotatable bonds is 6. The van der Waals surface area contributed by atoms with Crippen molar-refractivity contribution in [2.24, 2.45) is 10.9 Å². The summed E-state index contributed by atoms with van der Waals surface area (Å²) in [4.78, 5) is 11.8. The number of carbonyl (C=O) groups excluding carboxylic acids is 1. The lowest BCUT2D eigenvalue weighted by Gasteiger charge is -2.16. The van der Waals surface area contributed by atoms with E-state index in [0.29, 0.717) is 12.8 Å². The van der Waals surface area contributed by atoms with Crippen LogP contribution in [0.25, 0.3) is 0 Å². The van der Waals surface area contributed by atoms with Gasteiger partial charge in [0, 0.05) is 12.5 Å². The van der Waals surface area contributed by atoms with Crippen LogP contribution >= 0.6 is 0 Å². The molecule has 5 heteroatoms. The predicted molar refractivity (Wildman–Crippen MR) is 70.4 cm³/mol. The van der Waals surface area contributed by atoms with Gasteiger partial charge in [-0.25, -0.2) is 0 Å². The summed E-state index contributed by atoms with van der Waals surface area (Å²) in [7, 11) is 0. The summed E-state index contributed by atoms with van der Waals surface area (Å²) in [6, 6.07) is 9.42. The number of oxime groups is 1. The third-order valence-corrected chi connectivity index (χ3v) is 2.65. The molecule has 1 atom stereocenters. The fourth-order valence-electron chi connectivity index (χ4n) is 1.65. The van der Waals surface area contributed by atoms with E-state index < -0.39 is 0 Å². The Morgan fingerprint density at radius 1 is 1.44 bits per heavy atom. The van der Waals surface area contributed by atoms with Gasteiger partial charge in [0.15, 0.2) is 0 Å². The molecule has 0 bridgehead atoms. The lowest BCUT2D eigenvalue weighted by molar-refractivity contribution is -0.121. The normalized spacial score (nSPS) is 13.1. The predicted octanol–water partition coefficient (Wildman–Crippen LogP) is 1.26. The van der Waals surface area contributed by atoms with Crippen LogP contribution in [-0.2, 0) is 11.2 Å². The van der Waals surface area contributed by atoms with E-state index in [9.17, 15) is 4.79 Å².